The molecule has 4 N–H and O–H groups in total. The maximum Gasteiger partial charge on any atom is 0.325 e. The number of nitrogens with two attached hydrogens (primary N) is 1. The summed E-state index contributed by atoms with van der Waals surface area (Å²) in [6.45, 7) is 0. The van der Waals surface area contributed by atoms with E-state index in [4.69, 9.17) is 5.73 Å². The van der Waals surface area contributed by atoms with Gasteiger partial charge in [0.15, 0.2) is 0 Å². The molecule has 102 valence electrons. The Morgan fingerprint density at radius 1 is 1.26 bits per heavy atom. The fraction of sp³-hybridized carbons (Fsp3) is 0.583. The predicted octanol–water partition coefficient (Wildman–Crippen LogP) is -0.842. The molecule has 0 aliphatic carbocycles. The van der Waals surface area contributed by atoms with Gasteiger partial charge in [0.1, 0.15) is 5.56 Å². The van der Waals surface area contributed by atoms with E-state index < -0.39 is 11.2 Å². The number of amides is 1. The Kier molecular flexibility index (Phi) is 2.78. The minimum Gasteiger partial charge on any atom is -0.332 e. The third-order valence-corrected chi connectivity index (χ3v) is 4.05. The van der Waals surface area contributed by atoms with Crippen LogP contribution >= 0.6 is 0 Å². The van der Waals surface area contributed by atoms with E-state index in [1.807, 2.05) is 0 Å². The highest BCUT2D eigenvalue weighted by atomic mass is 16.2. The summed E-state index contributed by atoms with van der Waals surface area (Å²) in [6, 6.07) is 0.371. The maximum absolute atomic E-state index is 12.4. The number of hydrogen-bond acceptors (Lipinski definition) is 4. The van der Waals surface area contributed by atoms with Crippen molar-refractivity contribution >= 4 is 5.91 Å². The van der Waals surface area contributed by atoms with E-state index in [0.29, 0.717) is 0 Å². The van der Waals surface area contributed by atoms with Gasteiger partial charge in [0.25, 0.3) is 11.5 Å². The molecule has 3 heterocycles. The molecular weight excluding hydrogens is 248 g/mol. The molecular formula is C12H16N4O3. The van der Waals surface area contributed by atoms with E-state index in [9.17, 15) is 14.4 Å². The number of hydrogen-bond donors (Lipinski definition) is 3. The standard InChI is InChI=1S/C12H16N4O3/c13-6-3-7-1-2-8(4-6)16(7)11(18)9-5-14-12(19)15-10(9)17/h5-8H,1-4,13H2,(H2,14,15,17,19). The number of carbonyl (C=O) groups excluding carboxylic acids is 1. The minimum atomic E-state index is -0.636. The summed E-state index contributed by atoms with van der Waals surface area (Å²) in [4.78, 5) is 41.3. The molecule has 2 atom stereocenters. The normalized spacial score (nSPS) is 29.5. The molecule has 1 amide bonds. The van der Waals surface area contributed by atoms with E-state index in [1.165, 1.54) is 6.20 Å². The number of rotatable bonds is 1. The van der Waals surface area contributed by atoms with Crippen LogP contribution in [0.1, 0.15) is 36.0 Å². The van der Waals surface area contributed by atoms with Crippen LogP contribution < -0.4 is 17.0 Å². The molecule has 0 saturated carbocycles. The highest BCUT2D eigenvalue weighted by Gasteiger charge is 2.42. The van der Waals surface area contributed by atoms with Gasteiger partial charge in [-0.3, -0.25) is 14.6 Å². The first-order chi connectivity index (χ1) is 9.06. The van der Waals surface area contributed by atoms with Gasteiger partial charge in [0.2, 0.25) is 0 Å². The van der Waals surface area contributed by atoms with Crippen LogP contribution in [0.4, 0.5) is 0 Å². The third-order valence-electron chi connectivity index (χ3n) is 4.05. The van der Waals surface area contributed by atoms with Crippen LogP contribution in [0.3, 0.4) is 0 Å². The van der Waals surface area contributed by atoms with Crippen LogP contribution in [0.25, 0.3) is 0 Å². The number of H-pyrrole nitrogens is 2. The van der Waals surface area contributed by atoms with Crippen molar-refractivity contribution < 1.29 is 4.79 Å². The summed E-state index contributed by atoms with van der Waals surface area (Å²) in [6.07, 6.45) is 4.63. The first-order valence-corrected chi connectivity index (χ1v) is 6.46. The van der Waals surface area contributed by atoms with E-state index in [1.54, 1.807) is 4.90 Å². The predicted molar refractivity (Wildman–Crippen MR) is 67.9 cm³/mol. The van der Waals surface area contributed by atoms with Gasteiger partial charge in [-0.15, -0.1) is 0 Å². The summed E-state index contributed by atoms with van der Waals surface area (Å²) in [5.74, 6) is -0.308. The molecule has 2 aliphatic rings. The summed E-state index contributed by atoms with van der Waals surface area (Å²) in [7, 11) is 0. The van der Waals surface area contributed by atoms with Gasteiger partial charge in [-0.2, -0.15) is 0 Å². The van der Waals surface area contributed by atoms with Gasteiger partial charge >= 0.3 is 5.69 Å². The van der Waals surface area contributed by atoms with Crippen LogP contribution in [0.5, 0.6) is 0 Å². The maximum atomic E-state index is 12.4. The summed E-state index contributed by atoms with van der Waals surface area (Å²) in [5.41, 5.74) is 4.70. The molecule has 19 heavy (non-hydrogen) atoms. The Labute approximate surface area is 108 Å². The van der Waals surface area contributed by atoms with Crippen LogP contribution in [0.15, 0.2) is 15.8 Å². The van der Waals surface area contributed by atoms with Crippen molar-refractivity contribution in [1.29, 1.82) is 0 Å². The molecule has 1 aromatic heterocycles. The molecule has 0 radical (unpaired) electrons. The second-order valence-electron chi connectivity index (χ2n) is 5.31. The smallest absolute Gasteiger partial charge is 0.325 e. The van der Waals surface area contributed by atoms with Crippen molar-refractivity contribution in [2.75, 3.05) is 0 Å². The Bertz CT molecular complexity index is 606. The number of nitrogens with one attached hydrogen (secondary N) is 2. The lowest BCUT2D eigenvalue weighted by atomic mass is 9.97. The lowest BCUT2D eigenvalue weighted by molar-refractivity contribution is 0.0572. The van der Waals surface area contributed by atoms with Crippen molar-refractivity contribution in [2.45, 2.75) is 43.8 Å². The van der Waals surface area contributed by atoms with E-state index in [2.05, 4.69) is 9.97 Å². The van der Waals surface area contributed by atoms with Gasteiger partial charge < -0.3 is 15.6 Å². The largest absolute Gasteiger partial charge is 0.332 e. The van der Waals surface area contributed by atoms with Gasteiger partial charge in [0.05, 0.1) is 0 Å². The Morgan fingerprint density at radius 2 is 1.89 bits per heavy atom. The fourth-order valence-corrected chi connectivity index (χ4v) is 3.26. The molecule has 0 spiro atoms. The van der Waals surface area contributed by atoms with Crippen LogP contribution in [-0.4, -0.2) is 38.9 Å². The first-order valence-electron chi connectivity index (χ1n) is 6.46. The van der Waals surface area contributed by atoms with Gasteiger partial charge in [-0.05, 0) is 25.7 Å². The zero-order valence-corrected chi connectivity index (χ0v) is 10.4. The van der Waals surface area contributed by atoms with Gasteiger partial charge in [0, 0.05) is 24.3 Å². The lowest BCUT2D eigenvalue weighted by Gasteiger charge is -2.37. The monoisotopic (exact) mass is 264 g/mol. The van der Waals surface area contributed by atoms with E-state index in [0.717, 1.165) is 25.7 Å². The second-order valence-corrected chi connectivity index (χ2v) is 5.31. The third kappa shape index (κ3) is 1.99. The van der Waals surface area contributed by atoms with Crippen molar-refractivity contribution in [3.8, 4) is 0 Å². The van der Waals surface area contributed by atoms with Crippen molar-refractivity contribution in [1.82, 2.24) is 14.9 Å². The number of nitrogens with zero attached hydrogens (tertiary/aromatic N) is 1. The van der Waals surface area contributed by atoms with Gasteiger partial charge in [-0.25, -0.2) is 4.79 Å². The first kappa shape index (κ1) is 12.2. The minimum absolute atomic E-state index is 0.00743. The molecule has 2 aliphatic heterocycles. The molecule has 3 rings (SSSR count). The highest BCUT2D eigenvalue weighted by molar-refractivity contribution is 5.94. The molecule has 7 nitrogen and oxygen atoms in total. The summed E-state index contributed by atoms with van der Waals surface area (Å²) in [5, 5.41) is 0. The average Bonchev–Trinajstić information content (AvgIpc) is 2.61. The molecule has 2 saturated heterocycles. The molecule has 0 aromatic carbocycles. The van der Waals surface area contributed by atoms with Crippen molar-refractivity contribution in [3.05, 3.63) is 32.6 Å². The Hall–Kier alpha value is -1.89. The summed E-state index contributed by atoms with van der Waals surface area (Å²) >= 11 is 0. The number of carbonyl (C=O) groups is 1. The fourth-order valence-electron chi connectivity index (χ4n) is 3.26. The molecule has 2 fully saturated rings. The number of fused-ring (bicyclic) bond motifs is 2. The Balaban J connectivity index is 1.93. The number of aromatic amines is 2. The zero-order valence-electron chi connectivity index (χ0n) is 10.4. The SMILES string of the molecule is NC1CC2CCC(C1)N2C(=O)c1c[nH]c(=O)[nH]c1=O. The summed E-state index contributed by atoms with van der Waals surface area (Å²) < 4.78 is 0. The quantitative estimate of drug-likeness (QED) is 0.613. The van der Waals surface area contributed by atoms with Crippen LogP contribution in [0, 0.1) is 0 Å². The van der Waals surface area contributed by atoms with Gasteiger partial charge in [-0.1, -0.05) is 0 Å². The van der Waals surface area contributed by atoms with E-state index >= 15 is 0 Å². The highest BCUT2D eigenvalue weighted by Crippen LogP contribution is 2.35. The molecule has 2 unspecified atom stereocenters. The number of piperidine rings is 1. The topological polar surface area (TPSA) is 112 Å². The van der Waals surface area contributed by atoms with E-state index in [-0.39, 0.29) is 29.6 Å². The molecule has 7 heteroatoms. The van der Waals surface area contributed by atoms with Crippen LogP contribution in [0.2, 0.25) is 0 Å². The molecule has 1 aromatic rings. The average molecular weight is 264 g/mol. The van der Waals surface area contributed by atoms with Crippen LogP contribution in [-0.2, 0) is 0 Å². The Morgan fingerprint density at radius 3 is 2.47 bits per heavy atom. The van der Waals surface area contributed by atoms with Crippen molar-refractivity contribution in [2.24, 2.45) is 5.73 Å². The molecule has 2 bridgehead atoms. The zero-order chi connectivity index (χ0) is 13.6. The van der Waals surface area contributed by atoms with Crippen molar-refractivity contribution in [3.63, 3.8) is 0 Å². The number of aromatic nitrogens is 2. The lowest BCUT2D eigenvalue weighted by Crippen LogP contribution is -2.51. The second kappa shape index (κ2) is 4.34.